The van der Waals surface area contributed by atoms with Gasteiger partial charge < -0.3 is 10.4 Å². The molecule has 0 aromatic carbocycles. The number of carbonyl (C=O) groups is 1. The molecule has 0 aromatic heterocycles. The Labute approximate surface area is 150 Å². The van der Waals surface area contributed by atoms with Crippen molar-refractivity contribution in [3.63, 3.8) is 0 Å². The summed E-state index contributed by atoms with van der Waals surface area (Å²) in [6.45, 7) is 15.3. The highest BCUT2D eigenvalue weighted by Crippen LogP contribution is 2.08. The van der Waals surface area contributed by atoms with E-state index in [-0.39, 0.29) is 12.5 Å². The first-order valence-electron chi connectivity index (χ1n) is 8.30. The fourth-order valence-electron chi connectivity index (χ4n) is 2.40. The van der Waals surface area contributed by atoms with Gasteiger partial charge in [0.25, 0.3) is 5.91 Å². The van der Waals surface area contributed by atoms with E-state index in [2.05, 4.69) is 30.0 Å². The Hall–Kier alpha value is -2.43. The van der Waals surface area contributed by atoms with Gasteiger partial charge in [-0.05, 0) is 24.1 Å². The summed E-state index contributed by atoms with van der Waals surface area (Å²) in [5.41, 5.74) is 2.45. The summed E-state index contributed by atoms with van der Waals surface area (Å²) >= 11 is 0. The maximum absolute atomic E-state index is 12.1. The highest BCUT2D eigenvalue weighted by Gasteiger charge is 2.15. The van der Waals surface area contributed by atoms with E-state index in [9.17, 15) is 9.90 Å². The van der Waals surface area contributed by atoms with E-state index in [0.717, 1.165) is 11.1 Å². The molecule has 0 bridgehead atoms. The molecule has 1 aliphatic heterocycles. The predicted molar refractivity (Wildman–Crippen MR) is 105 cm³/mol. The molecule has 0 fully saturated rings. The first-order chi connectivity index (χ1) is 12.0. The highest BCUT2D eigenvalue weighted by atomic mass is 16.3. The third kappa shape index (κ3) is 8.29. The molecule has 1 atom stereocenters. The van der Waals surface area contributed by atoms with Crippen LogP contribution in [0.2, 0.25) is 0 Å². The number of hydrogen-bond acceptors (Lipinski definition) is 3. The number of amides is 1. The minimum atomic E-state index is -0.681. The van der Waals surface area contributed by atoms with Crippen LogP contribution in [-0.2, 0) is 4.79 Å². The fraction of sp³-hybridized carbons (Fsp3) is 0.286. The molecule has 0 aromatic rings. The fourth-order valence-corrected chi connectivity index (χ4v) is 2.40. The van der Waals surface area contributed by atoms with Gasteiger partial charge in [0.05, 0.1) is 6.10 Å². The lowest BCUT2D eigenvalue weighted by Crippen LogP contribution is -2.41. The van der Waals surface area contributed by atoms with Crippen molar-refractivity contribution in [2.75, 3.05) is 26.2 Å². The molecule has 4 heteroatoms. The Balaban J connectivity index is 2.56. The number of rotatable bonds is 7. The van der Waals surface area contributed by atoms with Gasteiger partial charge >= 0.3 is 0 Å². The Morgan fingerprint density at radius 1 is 1.32 bits per heavy atom. The number of carbonyl (C=O) groups excluding carboxylic acids is 1. The standard InChI is InChI=1S/C21H28N2O2/c1-5-7-12-19(6-2)21(25)22-13-20(24)16-23-14-17(3)10-8-9-11-18(4)15-23/h5-12,20,24H,1,3-4,13-16H2,2H3,(H,22,25)/b10-8-,11-9-,12-7-,19-6+/t20-/m0/s1. The first kappa shape index (κ1) is 20.6. The molecule has 4 nitrogen and oxygen atoms in total. The number of β-amino-alcohol motifs (C(OH)–C–C–N with tert-alkyl or cyclic N) is 1. The second-order valence-electron chi connectivity index (χ2n) is 5.91. The molecule has 25 heavy (non-hydrogen) atoms. The monoisotopic (exact) mass is 340 g/mol. The van der Waals surface area contributed by atoms with Gasteiger partial charge in [0.2, 0.25) is 0 Å². The Kier molecular flexibility index (Phi) is 9.22. The smallest absolute Gasteiger partial charge is 0.251 e. The lowest BCUT2D eigenvalue weighted by Gasteiger charge is -2.25. The normalized spacial score (nSPS) is 20.5. The number of nitrogens with one attached hydrogen (secondary N) is 1. The maximum atomic E-state index is 12.1. The lowest BCUT2D eigenvalue weighted by molar-refractivity contribution is -0.117. The number of allylic oxidation sites excluding steroid dienone is 5. The van der Waals surface area contributed by atoms with Gasteiger partial charge in [0, 0.05) is 31.8 Å². The van der Waals surface area contributed by atoms with Gasteiger partial charge in [-0.25, -0.2) is 0 Å². The van der Waals surface area contributed by atoms with Crippen molar-refractivity contribution in [3.8, 4) is 0 Å². The second kappa shape index (κ2) is 11.2. The van der Waals surface area contributed by atoms with Crippen LogP contribution in [-0.4, -0.2) is 48.2 Å². The summed E-state index contributed by atoms with van der Waals surface area (Å²) in [6, 6.07) is 0. The molecule has 0 saturated carbocycles. The van der Waals surface area contributed by atoms with Gasteiger partial charge in [-0.3, -0.25) is 9.69 Å². The van der Waals surface area contributed by atoms with Crippen LogP contribution < -0.4 is 5.32 Å². The van der Waals surface area contributed by atoms with Crippen molar-refractivity contribution < 1.29 is 9.90 Å². The number of aliphatic hydroxyl groups excluding tert-OH is 1. The van der Waals surface area contributed by atoms with Crippen LogP contribution in [0.15, 0.2) is 85.1 Å². The third-order valence-corrected chi connectivity index (χ3v) is 3.58. The van der Waals surface area contributed by atoms with Gasteiger partial charge in [-0.2, -0.15) is 0 Å². The molecule has 0 radical (unpaired) electrons. The molecule has 1 amide bonds. The van der Waals surface area contributed by atoms with E-state index in [1.165, 1.54) is 0 Å². The quantitative estimate of drug-likeness (QED) is 0.553. The molecule has 0 aliphatic carbocycles. The molecule has 1 rings (SSSR count). The minimum absolute atomic E-state index is 0.180. The van der Waals surface area contributed by atoms with Crippen molar-refractivity contribution in [2.45, 2.75) is 13.0 Å². The Morgan fingerprint density at radius 2 is 1.92 bits per heavy atom. The summed E-state index contributed by atoms with van der Waals surface area (Å²) in [4.78, 5) is 14.2. The van der Waals surface area contributed by atoms with Crippen molar-refractivity contribution in [2.24, 2.45) is 0 Å². The second-order valence-corrected chi connectivity index (χ2v) is 5.91. The molecular weight excluding hydrogens is 312 g/mol. The van der Waals surface area contributed by atoms with Gasteiger partial charge in [0.15, 0.2) is 0 Å². The number of nitrogens with zero attached hydrogens (tertiary/aromatic N) is 1. The van der Waals surface area contributed by atoms with E-state index in [1.807, 2.05) is 24.3 Å². The van der Waals surface area contributed by atoms with Crippen LogP contribution in [0.1, 0.15) is 6.92 Å². The first-order valence-corrected chi connectivity index (χ1v) is 8.30. The van der Waals surface area contributed by atoms with Crippen LogP contribution in [0.4, 0.5) is 0 Å². The van der Waals surface area contributed by atoms with Crippen LogP contribution in [0.5, 0.6) is 0 Å². The molecule has 0 unspecified atom stereocenters. The average Bonchev–Trinajstić information content (AvgIpc) is 2.64. The molecule has 0 saturated heterocycles. The van der Waals surface area contributed by atoms with Crippen LogP contribution >= 0.6 is 0 Å². The topological polar surface area (TPSA) is 52.6 Å². The zero-order valence-electron chi connectivity index (χ0n) is 14.9. The molecule has 134 valence electrons. The average molecular weight is 340 g/mol. The Bertz CT molecular complexity index is 598. The zero-order chi connectivity index (χ0) is 18.7. The van der Waals surface area contributed by atoms with Gasteiger partial charge in [0.1, 0.15) is 0 Å². The summed E-state index contributed by atoms with van der Waals surface area (Å²) in [7, 11) is 0. The summed E-state index contributed by atoms with van der Waals surface area (Å²) in [6.07, 6.45) is 13.8. The van der Waals surface area contributed by atoms with Gasteiger partial charge in [-0.15, -0.1) is 0 Å². The summed E-state index contributed by atoms with van der Waals surface area (Å²) < 4.78 is 0. The highest BCUT2D eigenvalue weighted by molar-refractivity contribution is 5.96. The van der Waals surface area contributed by atoms with Crippen molar-refractivity contribution in [1.29, 1.82) is 0 Å². The summed E-state index contributed by atoms with van der Waals surface area (Å²) in [5.74, 6) is -0.219. The minimum Gasteiger partial charge on any atom is -0.390 e. The zero-order valence-corrected chi connectivity index (χ0v) is 14.9. The molecule has 1 aliphatic rings. The predicted octanol–water partition coefficient (Wildman–Crippen LogP) is 2.69. The van der Waals surface area contributed by atoms with E-state index >= 15 is 0 Å². The van der Waals surface area contributed by atoms with Crippen molar-refractivity contribution >= 4 is 5.91 Å². The van der Waals surface area contributed by atoms with Crippen LogP contribution in [0, 0.1) is 0 Å². The molecule has 0 spiro atoms. The maximum Gasteiger partial charge on any atom is 0.251 e. The SMILES string of the molecule is C=C/C=C\C(=C/C)C(=O)NC[C@H](O)CN1CC(=C)/C=C\C=C/C(=C)C1. The van der Waals surface area contributed by atoms with Crippen molar-refractivity contribution in [1.82, 2.24) is 10.2 Å². The lowest BCUT2D eigenvalue weighted by atomic mass is 10.2. The molecule has 2 N–H and O–H groups in total. The molecule has 1 heterocycles. The van der Waals surface area contributed by atoms with Gasteiger partial charge in [-0.1, -0.05) is 62.3 Å². The summed E-state index contributed by atoms with van der Waals surface area (Å²) in [5, 5.41) is 13.0. The largest absolute Gasteiger partial charge is 0.390 e. The van der Waals surface area contributed by atoms with Crippen LogP contribution in [0.25, 0.3) is 0 Å². The van der Waals surface area contributed by atoms with E-state index in [0.29, 0.717) is 25.2 Å². The van der Waals surface area contributed by atoms with Crippen molar-refractivity contribution in [3.05, 3.63) is 85.1 Å². The molecular formula is C21H28N2O2. The Morgan fingerprint density at radius 3 is 2.44 bits per heavy atom. The third-order valence-electron chi connectivity index (χ3n) is 3.58. The van der Waals surface area contributed by atoms with E-state index in [4.69, 9.17) is 0 Å². The van der Waals surface area contributed by atoms with E-state index in [1.54, 1.807) is 31.2 Å². The number of aliphatic hydroxyl groups is 1. The number of hydrogen-bond donors (Lipinski definition) is 2. The van der Waals surface area contributed by atoms with Crippen LogP contribution in [0.3, 0.4) is 0 Å². The van der Waals surface area contributed by atoms with E-state index < -0.39 is 6.10 Å².